The SMILES string of the molecule is Cc1cc(NC2(C(=O)O)CCCCC2)c(Br)cc1[N+](=O)[O-]. The highest BCUT2D eigenvalue weighted by Gasteiger charge is 2.40. The fraction of sp³-hybridized carbons (Fsp3) is 0.500. The van der Waals surface area contributed by atoms with Crippen molar-refractivity contribution in [1.29, 1.82) is 0 Å². The summed E-state index contributed by atoms with van der Waals surface area (Å²) >= 11 is 3.29. The second kappa shape index (κ2) is 6.01. The Morgan fingerprint density at radius 1 is 1.38 bits per heavy atom. The minimum Gasteiger partial charge on any atom is -0.480 e. The zero-order chi connectivity index (χ0) is 15.6. The molecule has 0 spiro atoms. The first-order valence-corrected chi connectivity index (χ1v) is 7.61. The van der Waals surface area contributed by atoms with Crippen molar-refractivity contribution in [2.45, 2.75) is 44.6 Å². The molecule has 2 N–H and O–H groups in total. The number of aryl methyl sites for hydroxylation is 1. The van der Waals surface area contributed by atoms with Gasteiger partial charge < -0.3 is 10.4 Å². The van der Waals surface area contributed by atoms with Crippen molar-refractivity contribution < 1.29 is 14.8 Å². The molecule has 0 bridgehead atoms. The van der Waals surface area contributed by atoms with E-state index in [0.29, 0.717) is 28.6 Å². The van der Waals surface area contributed by atoms with E-state index in [2.05, 4.69) is 21.2 Å². The Hall–Kier alpha value is -1.63. The molecule has 1 aromatic carbocycles. The average molecular weight is 357 g/mol. The molecular weight excluding hydrogens is 340 g/mol. The van der Waals surface area contributed by atoms with Gasteiger partial charge in [0.2, 0.25) is 0 Å². The number of anilines is 1. The van der Waals surface area contributed by atoms with E-state index < -0.39 is 16.4 Å². The monoisotopic (exact) mass is 356 g/mol. The van der Waals surface area contributed by atoms with Gasteiger partial charge in [-0.2, -0.15) is 0 Å². The lowest BCUT2D eigenvalue weighted by Crippen LogP contribution is -2.48. The van der Waals surface area contributed by atoms with Crippen molar-refractivity contribution in [2.75, 3.05) is 5.32 Å². The minimum atomic E-state index is -0.983. The molecule has 2 rings (SSSR count). The number of nitro groups is 1. The lowest BCUT2D eigenvalue weighted by atomic mass is 9.81. The molecule has 7 heteroatoms. The molecule has 1 fully saturated rings. The van der Waals surface area contributed by atoms with E-state index in [1.807, 2.05) is 0 Å². The van der Waals surface area contributed by atoms with Gasteiger partial charge in [-0.15, -0.1) is 0 Å². The molecule has 0 radical (unpaired) electrons. The number of carboxylic acids is 1. The smallest absolute Gasteiger partial charge is 0.329 e. The van der Waals surface area contributed by atoms with Crippen molar-refractivity contribution in [3.63, 3.8) is 0 Å². The van der Waals surface area contributed by atoms with Gasteiger partial charge in [-0.1, -0.05) is 19.3 Å². The van der Waals surface area contributed by atoms with Crippen LogP contribution < -0.4 is 5.32 Å². The van der Waals surface area contributed by atoms with Crippen LogP contribution in [0.1, 0.15) is 37.7 Å². The van der Waals surface area contributed by atoms with Gasteiger partial charge in [-0.3, -0.25) is 10.1 Å². The maximum absolute atomic E-state index is 11.7. The lowest BCUT2D eigenvalue weighted by Gasteiger charge is -2.35. The van der Waals surface area contributed by atoms with Gasteiger partial charge in [0.15, 0.2) is 0 Å². The number of nitrogens with zero attached hydrogens (tertiary/aromatic N) is 1. The molecule has 1 saturated carbocycles. The molecule has 0 unspecified atom stereocenters. The molecule has 1 aromatic rings. The van der Waals surface area contributed by atoms with Crippen LogP contribution in [-0.2, 0) is 4.79 Å². The number of carbonyl (C=O) groups is 1. The minimum absolute atomic E-state index is 0.0143. The maximum Gasteiger partial charge on any atom is 0.329 e. The van der Waals surface area contributed by atoms with Crippen molar-refractivity contribution in [1.82, 2.24) is 0 Å². The van der Waals surface area contributed by atoms with E-state index in [1.54, 1.807) is 13.0 Å². The number of halogens is 1. The number of hydrogen-bond acceptors (Lipinski definition) is 4. The van der Waals surface area contributed by atoms with E-state index in [-0.39, 0.29) is 5.69 Å². The zero-order valence-corrected chi connectivity index (χ0v) is 13.3. The van der Waals surface area contributed by atoms with Crippen LogP contribution in [-0.4, -0.2) is 21.5 Å². The normalized spacial score (nSPS) is 17.2. The highest BCUT2D eigenvalue weighted by molar-refractivity contribution is 9.10. The molecule has 6 nitrogen and oxygen atoms in total. The number of benzene rings is 1. The van der Waals surface area contributed by atoms with Gasteiger partial charge in [0, 0.05) is 16.1 Å². The second-order valence-corrected chi connectivity index (χ2v) is 6.30. The number of nitro benzene ring substituents is 1. The van der Waals surface area contributed by atoms with Crippen LogP contribution in [0.2, 0.25) is 0 Å². The topological polar surface area (TPSA) is 92.5 Å². The second-order valence-electron chi connectivity index (χ2n) is 5.45. The summed E-state index contributed by atoms with van der Waals surface area (Å²) in [6, 6.07) is 3.04. The molecule has 0 amide bonds. The Balaban J connectivity index is 2.35. The molecule has 1 aliphatic carbocycles. The number of carboxylic acid groups (broad SMARTS) is 1. The van der Waals surface area contributed by atoms with Crippen molar-refractivity contribution in [3.05, 3.63) is 32.3 Å². The Kier molecular flexibility index (Phi) is 4.51. The summed E-state index contributed by atoms with van der Waals surface area (Å²) in [5, 5.41) is 23.6. The third-order valence-electron chi connectivity index (χ3n) is 3.97. The van der Waals surface area contributed by atoms with Crippen molar-refractivity contribution in [3.8, 4) is 0 Å². The number of rotatable bonds is 4. The molecule has 0 aromatic heterocycles. The fourth-order valence-electron chi connectivity index (χ4n) is 2.77. The van der Waals surface area contributed by atoms with E-state index in [4.69, 9.17) is 0 Å². The molecule has 0 saturated heterocycles. The first kappa shape index (κ1) is 15.8. The highest BCUT2D eigenvalue weighted by atomic mass is 79.9. The molecule has 0 aliphatic heterocycles. The van der Waals surface area contributed by atoms with Gasteiger partial charge in [0.1, 0.15) is 5.54 Å². The number of nitrogens with one attached hydrogen (secondary N) is 1. The fourth-order valence-corrected chi connectivity index (χ4v) is 3.20. The summed E-state index contributed by atoms with van der Waals surface area (Å²) in [5.74, 6) is -0.870. The first-order chi connectivity index (χ1) is 9.85. The van der Waals surface area contributed by atoms with Crippen LogP contribution in [0.15, 0.2) is 16.6 Å². The van der Waals surface area contributed by atoms with Gasteiger partial charge in [-0.25, -0.2) is 4.79 Å². The van der Waals surface area contributed by atoms with Crippen LogP contribution in [0.25, 0.3) is 0 Å². The molecular formula is C14H17BrN2O4. The van der Waals surface area contributed by atoms with Gasteiger partial charge in [0.25, 0.3) is 5.69 Å². The Bertz CT molecular complexity index is 583. The van der Waals surface area contributed by atoms with E-state index in [0.717, 1.165) is 19.3 Å². The predicted octanol–water partition coefficient (Wildman–Crippen LogP) is 3.87. The summed E-state index contributed by atoms with van der Waals surface area (Å²) in [6.45, 7) is 1.64. The lowest BCUT2D eigenvalue weighted by molar-refractivity contribution is -0.385. The first-order valence-electron chi connectivity index (χ1n) is 6.82. The summed E-state index contributed by atoms with van der Waals surface area (Å²) in [7, 11) is 0. The van der Waals surface area contributed by atoms with Crippen LogP contribution in [0, 0.1) is 17.0 Å². The largest absolute Gasteiger partial charge is 0.480 e. The van der Waals surface area contributed by atoms with E-state index in [1.165, 1.54) is 6.07 Å². The molecule has 21 heavy (non-hydrogen) atoms. The molecule has 0 atom stereocenters. The van der Waals surface area contributed by atoms with Crippen LogP contribution >= 0.6 is 15.9 Å². The van der Waals surface area contributed by atoms with Crippen LogP contribution in [0.3, 0.4) is 0 Å². The summed E-state index contributed by atoms with van der Waals surface area (Å²) in [4.78, 5) is 22.1. The van der Waals surface area contributed by atoms with E-state index >= 15 is 0 Å². The maximum atomic E-state index is 11.7. The van der Waals surface area contributed by atoms with Crippen LogP contribution in [0.4, 0.5) is 11.4 Å². The molecule has 0 heterocycles. The third-order valence-corrected chi connectivity index (χ3v) is 4.63. The number of hydrogen-bond donors (Lipinski definition) is 2. The third kappa shape index (κ3) is 3.18. The van der Waals surface area contributed by atoms with E-state index in [9.17, 15) is 20.0 Å². The summed E-state index contributed by atoms with van der Waals surface area (Å²) in [6.07, 6.45) is 3.89. The summed E-state index contributed by atoms with van der Waals surface area (Å²) < 4.78 is 0.506. The van der Waals surface area contributed by atoms with Crippen LogP contribution in [0.5, 0.6) is 0 Å². The Morgan fingerprint density at radius 3 is 2.52 bits per heavy atom. The predicted molar refractivity (Wildman–Crippen MR) is 82.6 cm³/mol. The zero-order valence-electron chi connectivity index (χ0n) is 11.7. The van der Waals surface area contributed by atoms with Gasteiger partial charge in [0.05, 0.1) is 10.6 Å². The number of aliphatic carboxylic acids is 1. The van der Waals surface area contributed by atoms with Crippen molar-refractivity contribution in [2.24, 2.45) is 0 Å². The van der Waals surface area contributed by atoms with Gasteiger partial charge in [-0.05, 0) is 41.8 Å². The average Bonchev–Trinajstić information content (AvgIpc) is 2.43. The summed E-state index contributed by atoms with van der Waals surface area (Å²) in [5.41, 5.74) is 0.119. The highest BCUT2D eigenvalue weighted by Crippen LogP contribution is 2.37. The van der Waals surface area contributed by atoms with Gasteiger partial charge >= 0.3 is 5.97 Å². The molecule has 1 aliphatic rings. The Morgan fingerprint density at radius 2 is 2.00 bits per heavy atom. The molecule has 114 valence electrons. The Labute approximate surface area is 130 Å². The quantitative estimate of drug-likeness (QED) is 0.630. The van der Waals surface area contributed by atoms with Crippen molar-refractivity contribution >= 4 is 33.3 Å². The standard InChI is InChI=1S/C14H17BrN2O4/c1-9-7-11(10(15)8-12(9)17(20)21)16-14(13(18)19)5-3-2-4-6-14/h7-8,16H,2-6H2,1H3,(H,18,19).